The second-order valence-electron chi connectivity index (χ2n) is 5.85. The Morgan fingerprint density at radius 1 is 1.16 bits per heavy atom. The zero-order valence-electron chi connectivity index (χ0n) is 12.9. The Kier molecular flexibility index (Phi) is 7.39. The molecule has 3 nitrogen and oxygen atoms in total. The fraction of sp³-hybridized carbons (Fsp3) is 0.733. The van der Waals surface area contributed by atoms with Gasteiger partial charge in [0, 0.05) is 12.2 Å². The van der Waals surface area contributed by atoms with Gasteiger partial charge in [-0.1, -0.05) is 27.7 Å². The van der Waals surface area contributed by atoms with Crippen molar-refractivity contribution in [2.75, 3.05) is 12.3 Å². The lowest BCUT2D eigenvalue weighted by Gasteiger charge is -2.09. The molecular weight excluding hydrogens is 254 g/mol. The second-order valence-corrected chi connectivity index (χ2v) is 6.88. The largest absolute Gasteiger partial charge is 0.311 e. The number of hydrogen-bond acceptors (Lipinski definition) is 4. The van der Waals surface area contributed by atoms with Crippen LogP contribution in [0.25, 0.3) is 0 Å². The number of nitrogens with one attached hydrogen (secondary N) is 1. The Morgan fingerprint density at radius 3 is 2.53 bits per heavy atom. The molecule has 0 saturated heterocycles. The number of hydrogen-bond donors (Lipinski definition) is 1. The maximum absolute atomic E-state index is 4.63. The summed E-state index contributed by atoms with van der Waals surface area (Å²) in [5.41, 5.74) is 2.17. The van der Waals surface area contributed by atoms with Gasteiger partial charge < -0.3 is 5.32 Å². The molecule has 1 aromatic heterocycles. The maximum atomic E-state index is 4.63. The third kappa shape index (κ3) is 7.53. The molecule has 0 aromatic carbocycles. The van der Waals surface area contributed by atoms with Crippen molar-refractivity contribution in [1.29, 1.82) is 0 Å². The van der Waals surface area contributed by atoms with Crippen LogP contribution in [0.2, 0.25) is 0 Å². The van der Waals surface area contributed by atoms with Gasteiger partial charge in [-0.3, -0.25) is 0 Å². The summed E-state index contributed by atoms with van der Waals surface area (Å²) in [6, 6.07) is 2.07. The average Bonchev–Trinajstić information content (AvgIpc) is 2.27. The number of nitrogens with zero attached hydrogens (tertiary/aromatic N) is 2. The molecule has 0 amide bonds. The summed E-state index contributed by atoms with van der Waals surface area (Å²) < 4.78 is 0. The molecule has 0 aliphatic rings. The topological polar surface area (TPSA) is 37.8 Å². The van der Waals surface area contributed by atoms with Crippen molar-refractivity contribution in [3.63, 3.8) is 0 Å². The van der Waals surface area contributed by atoms with Crippen LogP contribution >= 0.6 is 11.8 Å². The molecule has 0 saturated carbocycles. The first-order chi connectivity index (χ1) is 8.97. The molecule has 4 heteroatoms. The van der Waals surface area contributed by atoms with Crippen LogP contribution in [0.15, 0.2) is 6.07 Å². The van der Waals surface area contributed by atoms with Crippen molar-refractivity contribution < 1.29 is 0 Å². The van der Waals surface area contributed by atoms with Crippen LogP contribution in [-0.2, 0) is 12.3 Å². The monoisotopic (exact) mass is 281 g/mol. The van der Waals surface area contributed by atoms with Gasteiger partial charge in [0.25, 0.3) is 0 Å². The van der Waals surface area contributed by atoms with E-state index in [2.05, 4.69) is 49.0 Å². The summed E-state index contributed by atoms with van der Waals surface area (Å²) in [7, 11) is 0. The van der Waals surface area contributed by atoms with Gasteiger partial charge in [-0.2, -0.15) is 11.8 Å². The van der Waals surface area contributed by atoms with E-state index in [1.165, 1.54) is 0 Å². The molecule has 0 unspecified atom stereocenters. The van der Waals surface area contributed by atoms with Gasteiger partial charge in [0.05, 0.1) is 11.4 Å². The van der Waals surface area contributed by atoms with Crippen LogP contribution in [-0.4, -0.2) is 22.3 Å². The van der Waals surface area contributed by atoms with E-state index in [-0.39, 0.29) is 0 Å². The zero-order valence-corrected chi connectivity index (χ0v) is 13.7. The van der Waals surface area contributed by atoms with E-state index in [1.807, 2.05) is 18.7 Å². The summed E-state index contributed by atoms with van der Waals surface area (Å²) in [6.45, 7) is 12.8. The van der Waals surface area contributed by atoms with E-state index in [9.17, 15) is 0 Å². The van der Waals surface area contributed by atoms with Gasteiger partial charge >= 0.3 is 0 Å². The fourth-order valence-corrected chi connectivity index (χ4v) is 2.63. The van der Waals surface area contributed by atoms with Crippen molar-refractivity contribution in [1.82, 2.24) is 15.3 Å². The second kappa shape index (κ2) is 8.54. The first kappa shape index (κ1) is 16.4. The normalized spacial score (nSPS) is 11.5. The molecule has 108 valence electrons. The van der Waals surface area contributed by atoms with Crippen LogP contribution < -0.4 is 5.32 Å². The molecular formula is C15H27N3S. The van der Waals surface area contributed by atoms with E-state index in [0.717, 1.165) is 47.7 Å². The summed E-state index contributed by atoms with van der Waals surface area (Å²) in [5.74, 6) is 4.44. The first-order valence-electron chi connectivity index (χ1n) is 7.09. The highest BCUT2D eigenvalue weighted by Crippen LogP contribution is 2.13. The number of thioether (sulfide) groups is 1. The van der Waals surface area contributed by atoms with E-state index in [1.54, 1.807) is 0 Å². The summed E-state index contributed by atoms with van der Waals surface area (Å²) >= 11 is 1.92. The van der Waals surface area contributed by atoms with Gasteiger partial charge in [0.1, 0.15) is 5.82 Å². The number of aromatic nitrogens is 2. The average molecular weight is 281 g/mol. The Balaban J connectivity index is 2.51. The Labute approximate surface area is 122 Å². The van der Waals surface area contributed by atoms with E-state index in [0.29, 0.717) is 5.92 Å². The quantitative estimate of drug-likeness (QED) is 0.792. The van der Waals surface area contributed by atoms with Crippen LogP contribution in [0.3, 0.4) is 0 Å². The van der Waals surface area contributed by atoms with E-state index < -0.39 is 0 Å². The highest BCUT2D eigenvalue weighted by Gasteiger charge is 2.04. The smallest absolute Gasteiger partial charge is 0.138 e. The predicted octanol–water partition coefficient (Wildman–Crippen LogP) is 3.42. The minimum Gasteiger partial charge on any atom is -0.311 e. The molecule has 1 aromatic rings. The minimum atomic E-state index is 0.670. The van der Waals surface area contributed by atoms with E-state index in [4.69, 9.17) is 0 Å². The Hall–Kier alpha value is -0.610. The summed E-state index contributed by atoms with van der Waals surface area (Å²) in [4.78, 5) is 9.15. The van der Waals surface area contributed by atoms with Crippen LogP contribution in [0, 0.1) is 18.8 Å². The van der Waals surface area contributed by atoms with Crippen molar-refractivity contribution in [3.05, 3.63) is 23.3 Å². The van der Waals surface area contributed by atoms with Gasteiger partial charge in [0.15, 0.2) is 0 Å². The van der Waals surface area contributed by atoms with Gasteiger partial charge in [-0.05, 0) is 37.1 Å². The highest BCUT2D eigenvalue weighted by atomic mass is 32.2. The van der Waals surface area contributed by atoms with Crippen LogP contribution in [0.1, 0.15) is 44.9 Å². The third-order valence-corrected chi connectivity index (χ3v) is 3.86. The molecule has 0 radical (unpaired) electrons. The lowest BCUT2D eigenvalue weighted by Crippen LogP contribution is -2.20. The lowest BCUT2D eigenvalue weighted by molar-refractivity contribution is 0.547. The fourth-order valence-electron chi connectivity index (χ4n) is 1.73. The number of rotatable bonds is 8. The standard InChI is InChI=1S/C15H27N3S/c1-11(2)7-16-8-14-6-13(5)17-15(18-14)10-19-9-12(3)4/h6,11-12,16H,7-10H2,1-5H3. The van der Waals surface area contributed by atoms with Crippen molar-refractivity contribution in [2.45, 2.75) is 46.9 Å². The van der Waals surface area contributed by atoms with Crippen molar-refractivity contribution >= 4 is 11.8 Å². The van der Waals surface area contributed by atoms with E-state index >= 15 is 0 Å². The lowest BCUT2D eigenvalue weighted by atomic mass is 10.2. The summed E-state index contributed by atoms with van der Waals surface area (Å²) in [5, 5.41) is 3.43. The van der Waals surface area contributed by atoms with Crippen LogP contribution in [0.4, 0.5) is 0 Å². The highest BCUT2D eigenvalue weighted by molar-refractivity contribution is 7.98. The van der Waals surface area contributed by atoms with Gasteiger partial charge in [-0.15, -0.1) is 0 Å². The molecule has 0 bridgehead atoms. The molecule has 1 N–H and O–H groups in total. The van der Waals surface area contributed by atoms with Gasteiger partial charge in [-0.25, -0.2) is 9.97 Å². The van der Waals surface area contributed by atoms with Crippen molar-refractivity contribution in [3.8, 4) is 0 Å². The molecule has 19 heavy (non-hydrogen) atoms. The summed E-state index contributed by atoms with van der Waals surface area (Å²) in [6.07, 6.45) is 0. The Morgan fingerprint density at radius 2 is 1.89 bits per heavy atom. The third-order valence-electron chi connectivity index (χ3n) is 2.49. The maximum Gasteiger partial charge on any atom is 0.138 e. The first-order valence-corrected chi connectivity index (χ1v) is 8.24. The zero-order chi connectivity index (χ0) is 14.3. The molecule has 1 rings (SSSR count). The number of aryl methyl sites for hydroxylation is 1. The minimum absolute atomic E-state index is 0.670. The molecule has 0 aliphatic carbocycles. The Bertz CT molecular complexity index is 345. The molecule has 1 heterocycles. The van der Waals surface area contributed by atoms with Crippen LogP contribution in [0.5, 0.6) is 0 Å². The van der Waals surface area contributed by atoms with Gasteiger partial charge in [0.2, 0.25) is 0 Å². The van der Waals surface area contributed by atoms with Crippen molar-refractivity contribution in [2.24, 2.45) is 11.8 Å². The SMILES string of the molecule is Cc1cc(CNCC(C)C)nc(CSCC(C)C)n1. The predicted molar refractivity (Wildman–Crippen MR) is 84.3 cm³/mol. The molecule has 0 fully saturated rings. The molecule has 0 spiro atoms. The molecule has 0 atom stereocenters. The molecule has 0 aliphatic heterocycles.